The Kier molecular flexibility index (Phi) is 5.83. The van der Waals surface area contributed by atoms with Crippen LogP contribution in [-0.2, 0) is 17.9 Å². The number of carbonyl (C=O) groups excluding carboxylic acids is 1. The van der Waals surface area contributed by atoms with Gasteiger partial charge in [0, 0.05) is 55.7 Å². The van der Waals surface area contributed by atoms with Gasteiger partial charge in [-0.3, -0.25) is 19.5 Å². The normalized spacial score (nSPS) is 24.8. The third-order valence-electron chi connectivity index (χ3n) is 7.08. The Morgan fingerprint density at radius 1 is 1.15 bits per heavy atom. The molecule has 1 amide bonds. The van der Waals surface area contributed by atoms with E-state index in [9.17, 15) is 14.7 Å². The lowest BCUT2D eigenvalue weighted by atomic mass is 9.88. The monoisotopic (exact) mass is 444 g/mol. The summed E-state index contributed by atoms with van der Waals surface area (Å²) in [6.07, 6.45) is 3.53. The van der Waals surface area contributed by atoms with Crippen molar-refractivity contribution in [3.05, 3.63) is 100 Å². The third-order valence-corrected chi connectivity index (χ3v) is 7.08. The molecule has 2 aliphatic heterocycles. The highest BCUT2D eigenvalue weighted by Crippen LogP contribution is 2.49. The average molecular weight is 445 g/mol. The van der Waals surface area contributed by atoms with E-state index in [0.717, 1.165) is 16.8 Å². The Bertz CT molecular complexity index is 1180. The summed E-state index contributed by atoms with van der Waals surface area (Å²) in [5, 5.41) is 13.6. The van der Waals surface area contributed by atoms with E-state index < -0.39 is 6.04 Å². The second kappa shape index (κ2) is 8.92. The van der Waals surface area contributed by atoms with Gasteiger partial charge in [-0.2, -0.15) is 0 Å². The van der Waals surface area contributed by atoms with Crippen LogP contribution < -0.4 is 10.9 Å². The molecule has 2 aromatic heterocycles. The van der Waals surface area contributed by atoms with Gasteiger partial charge in [0.2, 0.25) is 5.91 Å². The van der Waals surface area contributed by atoms with Crippen LogP contribution in [0.4, 0.5) is 0 Å². The first-order valence-corrected chi connectivity index (χ1v) is 11.4. The van der Waals surface area contributed by atoms with E-state index in [1.165, 1.54) is 0 Å². The number of rotatable bonds is 6. The zero-order chi connectivity index (χ0) is 22.9. The number of amides is 1. The molecule has 0 aliphatic carbocycles. The SMILES string of the molecule is C[C@@H](NC(=O)[C@H]1[C@H](CO)[C@H]2Cn3c(cccc3=O)[C@H]2N1Cc1cccnc1)c1ccccc1. The van der Waals surface area contributed by atoms with Crippen molar-refractivity contribution in [2.24, 2.45) is 11.8 Å². The molecular weight excluding hydrogens is 416 g/mol. The Hall–Kier alpha value is -3.29. The summed E-state index contributed by atoms with van der Waals surface area (Å²) in [6.45, 7) is 2.86. The van der Waals surface area contributed by atoms with Gasteiger partial charge >= 0.3 is 0 Å². The van der Waals surface area contributed by atoms with E-state index in [4.69, 9.17) is 0 Å². The van der Waals surface area contributed by atoms with Gasteiger partial charge in [-0.25, -0.2) is 0 Å². The summed E-state index contributed by atoms with van der Waals surface area (Å²) < 4.78 is 1.79. The molecule has 1 aromatic carbocycles. The first-order valence-electron chi connectivity index (χ1n) is 11.4. The molecule has 0 radical (unpaired) electrons. The van der Waals surface area contributed by atoms with Crippen LogP contribution >= 0.6 is 0 Å². The number of hydrogen-bond acceptors (Lipinski definition) is 5. The number of hydrogen-bond donors (Lipinski definition) is 2. The van der Waals surface area contributed by atoms with Gasteiger partial charge in [0.1, 0.15) is 0 Å². The first kappa shape index (κ1) is 21.6. The van der Waals surface area contributed by atoms with E-state index in [-0.39, 0.29) is 42.0 Å². The zero-order valence-electron chi connectivity index (χ0n) is 18.5. The molecule has 1 saturated heterocycles. The molecule has 33 heavy (non-hydrogen) atoms. The van der Waals surface area contributed by atoms with E-state index in [0.29, 0.717) is 13.1 Å². The molecule has 0 unspecified atom stereocenters. The van der Waals surface area contributed by atoms with Crippen LogP contribution in [0.2, 0.25) is 0 Å². The van der Waals surface area contributed by atoms with Crippen molar-refractivity contribution < 1.29 is 9.90 Å². The Morgan fingerprint density at radius 2 is 1.97 bits per heavy atom. The van der Waals surface area contributed by atoms with Gasteiger partial charge in [-0.05, 0) is 30.2 Å². The lowest BCUT2D eigenvalue weighted by Gasteiger charge is -2.31. The molecular formula is C26H28N4O3. The van der Waals surface area contributed by atoms with Crippen LogP contribution in [0.25, 0.3) is 0 Å². The van der Waals surface area contributed by atoms with Gasteiger partial charge in [0.15, 0.2) is 0 Å². The fourth-order valence-corrected chi connectivity index (χ4v) is 5.56. The van der Waals surface area contributed by atoms with E-state index in [1.54, 1.807) is 29.1 Å². The predicted octanol–water partition coefficient (Wildman–Crippen LogP) is 2.28. The highest BCUT2D eigenvalue weighted by atomic mass is 16.3. The van der Waals surface area contributed by atoms with Gasteiger partial charge in [0.25, 0.3) is 5.56 Å². The molecule has 170 valence electrons. The van der Waals surface area contributed by atoms with Crippen LogP contribution in [0, 0.1) is 11.8 Å². The second-order valence-electron chi connectivity index (χ2n) is 8.97. The van der Waals surface area contributed by atoms with E-state index in [2.05, 4.69) is 15.2 Å². The maximum atomic E-state index is 13.7. The topological polar surface area (TPSA) is 87.5 Å². The number of nitrogens with one attached hydrogen (secondary N) is 1. The molecule has 2 N–H and O–H groups in total. The van der Waals surface area contributed by atoms with Crippen molar-refractivity contribution >= 4 is 5.91 Å². The maximum absolute atomic E-state index is 13.7. The number of likely N-dealkylation sites (tertiary alicyclic amines) is 1. The Morgan fingerprint density at radius 3 is 2.70 bits per heavy atom. The highest BCUT2D eigenvalue weighted by Gasteiger charge is 2.55. The number of aliphatic hydroxyl groups excluding tert-OH is 1. The lowest BCUT2D eigenvalue weighted by Crippen LogP contribution is -2.48. The fourth-order valence-electron chi connectivity index (χ4n) is 5.56. The summed E-state index contributed by atoms with van der Waals surface area (Å²) >= 11 is 0. The fraction of sp³-hybridized carbons (Fsp3) is 0.346. The molecule has 5 rings (SSSR count). The second-order valence-corrected chi connectivity index (χ2v) is 8.97. The van der Waals surface area contributed by atoms with Gasteiger partial charge in [0.05, 0.1) is 18.1 Å². The van der Waals surface area contributed by atoms with Crippen LogP contribution in [0.15, 0.2) is 77.9 Å². The van der Waals surface area contributed by atoms with Crippen molar-refractivity contribution in [1.29, 1.82) is 0 Å². The predicted molar refractivity (Wildman–Crippen MR) is 124 cm³/mol. The zero-order valence-corrected chi connectivity index (χ0v) is 18.5. The molecule has 0 spiro atoms. The molecule has 1 fully saturated rings. The third kappa shape index (κ3) is 3.87. The van der Waals surface area contributed by atoms with E-state index >= 15 is 0 Å². The van der Waals surface area contributed by atoms with Gasteiger partial charge < -0.3 is 15.0 Å². The van der Waals surface area contributed by atoms with E-state index in [1.807, 2.05) is 55.5 Å². The van der Waals surface area contributed by atoms with Gasteiger partial charge in [-0.1, -0.05) is 42.5 Å². The molecule has 2 aliphatic rings. The van der Waals surface area contributed by atoms with Crippen LogP contribution in [0.1, 0.15) is 35.8 Å². The molecule has 0 saturated carbocycles. The smallest absolute Gasteiger partial charge is 0.250 e. The van der Waals surface area contributed by atoms with Crippen molar-refractivity contribution in [1.82, 2.24) is 19.8 Å². The number of pyridine rings is 2. The van der Waals surface area contributed by atoms with Crippen LogP contribution in [0.3, 0.4) is 0 Å². The maximum Gasteiger partial charge on any atom is 0.250 e. The summed E-state index contributed by atoms with van der Waals surface area (Å²) in [5.74, 6) is -0.410. The van der Waals surface area contributed by atoms with Crippen LogP contribution in [0.5, 0.6) is 0 Å². The first-order chi connectivity index (χ1) is 16.1. The molecule has 0 bridgehead atoms. The summed E-state index contributed by atoms with van der Waals surface area (Å²) in [4.78, 5) is 32.6. The number of carbonyl (C=O) groups is 1. The highest BCUT2D eigenvalue weighted by molar-refractivity contribution is 5.83. The standard InChI is InChI=1S/C26H28N4O3/c1-17(19-8-3-2-4-9-19)28-26(33)25-21(16-31)20-15-29-22(10-5-11-23(29)32)24(20)30(25)14-18-7-6-12-27-13-18/h2-13,17,20-21,24-25,31H,14-16H2,1H3,(H,28,33)/t17-,20-,21-,24+,25-/m1/s1. The number of aromatic nitrogens is 2. The lowest BCUT2D eigenvalue weighted by molar-refractivity contribution is -0.128. The minimum absolute atomic E-state index is 0.0236. The Labute approximate surface area is 192 Å². The van der Waals surface area contributed by atoms with Crippen LogP contribution in [-0.4, -0.2) is 38.1 Å². The van der Waals surface area contributed by atoms with Crippen molar-refractivity contribution in [3.8, 4) is 0 Å². The largest absolute Gasteiger partial charge is 0.396 e. The molecule has 7 nitrogen and oxygen atoms in total. The minimum Gasteiger partial charge on any atom is -0.396 e. The molecule has 5 atom stereocenters. The minimum atomic E-state index is -0.513. The average Bonchev–Trinajstić information content (AvgIpc) is 3.36. The summed E-state index contributed by atoms with van der Waals surface area (Å²) in [7, 11) is 0. The number of fused-ring (bicyclic) bond motifs is 3. The van der Waals surface area contributed by atoms with Gasteiger partial charge in [-0.15, -0.1) is 0 Å². The molecule has 4 heterocycles. The molecule has 7 heteroatoms. The Balaban J connectivity index is 1.51. The van der Waals surface area contributed by atoms with Crippen molar-refractivity contribution in [2.45, 2.75) is 38.1 Å². The summed E-state index contributed by atoms with van der Waals surface area (Å²) in [6, 6.07) is 18.2. The number of benzene rings is 1. The number of nitrogens with zero attached hydrogens (tertiary/aromatic N) is 3. The number of aliphatic hydroxyl groups is 1. The quantitative estimate of drug-likeness (QED) is 0.609. The van der Waals surface area contributed by atoms with Crippen molar-refractivity contribution in [2.75, 3.05) is 6.61 Å². The molecule has 3 aromatic rings. The van der Waals surface area contributed by atoms with Crippen molar-refractivity contribution in [3.63, 3.8) is 0 Å². The summed E-state index contributed by atoms with van der Waals surface area (Å²) in [5.41, 5.74) is 2.88.